The van der Waals surface area contributed by atoms with Crippen molar-refractivity contribution in [1.29, 1.82) is 5.26 Å². The lowest BCUT2D eigenvalue weighted by molar-refractivity contribution is 0.503. The predicted octanol–water partition coefficient (Wildman–Crippen LogP) is 2.89. The van der Waals surface area contributed by atoms with Crippen molar-refractivity contribution in [3.8, 4) is 12.0 Å². The minimum Gasteiger partial charge on any atom is -0.388 e. The number of ether oxygens (including phenoxy) is 1. The molecule has 1 aromatic carbocycles. The van der Waals surface area contributed by atoms with Gasteiger partial charge in [-0.05, 0) is 37.1 Å². The molecule has 2 heteroatoms. The summed E-state index contributed by atoms with van der Waals surface area (Å²) in [5.74, 6) is 0.604. The summed E-state index contributed by atoms with van der Waals surface area (Å²) in [4.78, 5) is 0. The molecule has 0 N–H and O–H groups in total. The Labute approximate surface area is 78.1 Å². The molecule has 0 aliphatic carbocycles. The molecule has 0 saturated carbocycles. The largest absolute Gasteiger partial charge is 0.388 e. The molecule has 0 amide bonds. The normalized spacial score (nSPS) is 9.00. The third-order valence-corrected chi connectivity index (χ3v) is 1.82. The summed E-state index contributed by atoms with van der Waals surface area (Å²) in [6, 6.07) is 5.62. The van der Waals surface area contributed by atoms with Crippen LogP contribution in [0.5, 0.6) is 5.75 Å². The van der Waals surface area contributed by atoms with Crippen LogP contribution in [0.1, 0.15) is 18.1 Å². The first-order valence-electron chi connectivity index (χ1n) is 3.97. The molecule has 0 aromatic heterocycles. The van der Waals surface area contributed by atoms with E-state index in [0.29, 0.717) is 5.75 Å². The van der Waals surface area contributed by atoms with Crippen LogP contribution in [-0.2, 0) is 0 Å². The topological polar surface area (TPSA) is 33.0 Å². The van der Waals surface area contributed by atoms with Gasteiger partial charge >= 0.3 is 0 Å². The van der Waals surface area contributed by atoms with Crippen LogP contribution in [0.3, 0.4) is 0 Å². The van der Waals surface area contributed by atoms with E-state index < -0.39 is 0 Å². The average Bonchev–Trinajstić information content (AvgIpc) is 2.08. The average molecular weight is 173 g/mol. The maximum absolute atomic E-state index is 8.33. The van der Waals surface area contributed by atoms with Crippen LogP contribution in [-0.4, -0.2) is 0 Å². The molecule has 0 unspecified atom stereocenters. The SMILES string of the molecule is C=C(C)c1ccc(OC#N)c(C)c1. The summed E-state index contributed by atoms with van der Waals surface area (Å²) < 4.78 is 4.75. The van der Waals surface area contributed by atoms with Crippen molar-refractivity contribution in [2.45, 2.75) is 13.8 Å². The fourth-order valence-electron chi connectivity index (χ4n) is 1.08. The third kappa shape index (κ3) is 2.09. The third-order valence-electron chi connectivity index (χ3n) is 1.82. The second kappa shape index (κ2) is 3.77. The first-order valence-corrected chi connectivity index (χ1v) is 3.97. The highest BCUT2D eigenvalue weighted by molar-refractivity contribution is 5.63. The zero-order valence-electron chi connectivity index (χ0n) is 7.79. The predicted molar refractivity (Wildman–Crippen MR) is 52.1 cm³/mol. The lowest BCUT2D eigenvalue weighted by Gasteiger charge is -2.04. The van der Waals surface area contributed by atoms with Gasteiger partial charge in [-0.3, -0.25) is 0 Å². The van der Waals surface area contributed by atoms with E-state index in [1.165, 1.54) is 0 Å². The van der Waals surface area contributed by atoms with Gasteiger partial charge in [-0.15, -0.1) is 5.26 Å². The molecule has 13 heavy (non-hydrogen) atoms. The number of benzene rings is 1. The Hall–Kier alpha value is -1.75. The maximum atomic E-state index is 8.33. The van der Waals surface area contributed by atoms with Gasteiger partial charge in [-0.25, -0.2) is 0 Å². The molecule has 0 heterocycles. The van der Waals surface area contributed by atoms with Crippen molar-refractivity contribution in [3.05, 3.63) is 35.9 Å². The molecule has 2 nitrogen and oxygen atoms in total. The van der Waals surface area contributed by atoms with Crippen LogP contribution in [0.25, 0.3) is 5.57 Å². The number of allylic oxidation sites excluding steroid dienone is 1. The highest BCUT2D eigenvalue weighted by Gasteiger charge is 2.00. The van der Waals surface area contributed by atoms with E-state index in [2.05, 4.69) is 6.58 Å². The smallest absolute Gasteiger partial charge is 0.292 e. The van der Waals surface area contributed by atoms with Crippen LogP contribution in [0.15, 0.2) is 24.8 Å². The van der Waals surface area contributed by atoms with Gasteiger partial charge in [0.25, 0.3) is 6.26 Å². The van der Waals surface area contributed by atoms with Crippen molar-refractivity contribution >= 4 is 5.57 Å². The van der Waals surface area contributed by atoms with E-state index in [9.17, 15) is 0 Å². The van der Waals surface area contributed by atoms with Gasteiger partial charge in [0.15, 0.2) is 0 Å². The standard InChI is InChI=1S/C11H11NO/c1-8(2)10-4-5-11(13-7-12)9(3)6-10/h4-6H,1H2,2-3H3. The van der Waals surface area contributed by atoms with Crippen LogP contribution in [0, 0.1) is 18.4 Å². The number of hydrogen-bond donors (Lipinski definition) is 0. The molecule has 0 spiro atoms. The lowest BCUT2D eigenvalue weighted by Crippen LogP contribution is -1.87. The van der Waals surface area contributed by atoms with Crippen molar-refractivity contribution in [2.75, 3.05) is 0 Å². The van der Waals surface area contributed by atoms with Crippen molar-refractivity contribution < 1.29 is 4.74 Å². The van der Waals surface area contributed by atoms with Crippen LogP contribution in [0.4, 0.5) is 0 Å². The number of rotatable bonds is 2. The quantitative estimate of drug-likeness (QED) is 0.644. The lowest BCUT2D eigenvalue weighted by atomic mass is 10.1. The molecule has 0 aliphatic heterocycles. The molecule has 0 bridgehead atoms. The molecule has 0 aliphatic rings. The van der Waals surface area contributed by atoms with Crippen molar-refractivity contribution in [2.24, 2.45) is 0 Å². The van der Waals surface area contributed by atoms with Gasteiger partial charge in [-0.2, -0.15) is 0 Å². The van der Waals surface area contributed by atoms with E-state index in [0.717, 1.165) is 16.7 Å². The highest BCUT2D eigenvalue weighted by Crippen LogP contribution is 2.22. The van der Waals surface area contributed by atoms with Gasteiger partial charge < -0.3 is 4.74 Å². The molecule has 0 saturated heterocycles. The Balaban J connectivity index is 3.07. The van der Waals surface area contributed by atoms with Gasteiger partial charge in [-0.1, -0.05) is 18.2 Å². The number of nitrogens with zero attached hydrogens (tertiary/aromatic N) is 1. The summed E-state index contributed by atoms with van der Waals surface area (Å²) in [5.41, 5.74) is 3.02. The van der Waals surface area contributed by atoms with Gasteiger partial charge in [0, 0.05) is 0 Å². The Kier molecular flexibility index (Phi) is 2.71. The summed E-state index contributed by atoms with van der Waals surface area (Å²) in [6.07, 6.45) is 1.65. The maximum Gasteiger partial charge on any atom is 0.292 e. The van der Waals surface area contributed by atoms with Crippen LogP contribution < -0.4 is 4.74 Å². The molecule has 0 fully saturated rings. The van der Waals surface area contributed by atoms with E-state index in [1.807, 2.05) is 26.0 Å². The molecule has 0 radical (unpaired) electrons. The minimum atomic E-state index is 0.604. The van der Waals surface area contributed by atoms with Gasteiger partial charge in [0.2, 0.25) is 0 Å². The molecular formula is C11H11NO. The van der Waals surface area contributed by atoms with E-state index >= 15 is 0 Å². The molecule has 1 rings (SSSR count). The minimum absolute atomic E-state index is 0.604. The number of aryl methyl sites for hydroxylation is 1. The summed E-state index contributed by atoms with van der Waals surface area (Å²) >= 11 is 0. The molecule has 0 atom stereocenters. The van der Waals surface area contributed by atoms with Crippen molar-refractivity contribution in [3.63, 3.8) is 0 Å². The Morgan fingerprint density at radius 2 is 2.23 bits per heavy atom. The zero-order valence-corrected chi connectivity index (χ0v) is 7.79. The van der Waals surface area contributed by atoms with Crippen LogP contribution in [0.2, 0.25) is 0 Å². The fraction of sp³-hybridized carbons (Fsp3) is 0.182. The Bertz CT molecular complexity index is 374. The van der Waals surface area contributed by atoms with E-state index in [1.54, 1.807) is 12.3 Å². The molecule has 1 aromatic rings. The number of nitriles is 1. The van der Waals surface area contributed by atoms with Gasteiger partial charge in [0.1, 0.15) is 5.75 Å². The van der Waals surface area contributed by atoms with E-state index in [-0.39, 0.29) is 0 Å². The monoisotopic (exact) mass is 173 g/mol. The second-order valence-electron chi connectivity index (χ2n) is 2.95. The van der Waals surface area contributed by atoms with Crippen LogP contribution >= 0.6 is 0 Å². The molecule has 66 valence electrons. The Morgan fingerprint density at radius 1 is 1.54 bits per heavy atom. The van der Waals surface area contributed by atoms with E-state index in [4.69, 9.17) is 10.00 Å². The number of hydrogen-bond acceptors (Lipinski definition) is 2. The highest BCUT2D eigenvalue weighted by atomic mass is 16.5. The summed E-state index contributed by atoms with van der Waals surface area (Å²) in [5, 5.41) is 8.33. The van der Waals surface area contributed by atoms with Crippen molar-refractivity contribution in [1.82, 2.24) is 0 Å². The summed E-state index contributed by atoms with van der Waals surface area (Å²) in [7, 11) is 0. The first kappa shape index (κ1) is 9.34. The fourth-order valence-corrected chi connectivity index (χ4v) is 1.08. The summed E-state index contributed by atoms with van der Waals surface area (Å²) in [6.45, 7) is 7.68. The Morgan fingerprint density at radius 3 is 2.69 bits per heavy atom. The molecular weight excluding hydrogens is 162 g/mol. The zero-order chi connectivity index (χ0) is 9.84. The van der Waals surface area contributed by atoms with Gasteiger partial charge in [0.05, 0.1) is 0 Å². The second-order valence-corrected chi connectivity index (χ2v) is 2.95. The first-order chi connectivity index (χ1) is 6.15.